The van der Waals surface area contributed by atoms with Crippen molar-refractivity contribution in [1.29, 1.82) is 0 Å². The van der Waals surface area contributed by atoms with Crippen LogP contribution < -0.4 is 5.32 Å². The number of aryl methyl sites for hydroxylation is 1. The van der Waals surface area contributed by atoms with Crippen LogP contribution in [0.15, 0.2) is 35.6 Å². The van der Waals surface area contributed by atoms with Crippen molar-refractivity contribution in [1.82, 2.24) is 25.4 Å². The van der Waals surface area contributed by atoms with Gasteiger partial charge in [0, 0.05) is 32.1 Å². The average Bonchev–Trinajstić information content (AvgIpc) is 3.17. The molecule has 1 aliphatic rings. The number of nitrogens with zero attached hydrogens (tertiary/aromatic N) is 4. The molecule has 0 amide bonds. The summed E-state index contributed by atoms with van der Waals surface area (Å²) in [4.78, 5) is 11.5. The molecule has 0 aliphatic carbocycles. The maximum Gasteiger partial charge on any atom is 0.193 e. The molecule has 0 bridgehead atoms. The van der Waals surface area contributed by atoms with Crippen molar-refractivity contribution in [3.05, 3.63) is 47.5 Å². The summed E-state index contributed by atoms with van der Waals surface area (Å²) in [6.45, 7) is 7.95. The Morgan fingerprint density at radius 2 is 2.00 bits per heavy atom. The van der Waals surface area contributed by atoms with Crippen LogP contribution in [0.25, 0.3) is 0 Å². The number of likely N-dealkylation sites (tertiary alicyclic amines) is 1. The van der Waals surface area contributed by atoms with Gasteiger partial charge in [-0.2, -0.15) is 5.10 Å². The molecule has 142 valence electrons. The monoisotopic (exact) mass is 468 g/mol. The number of hydrogen-bond donors (Lipinski definition) is 2. The Labute approximate surface area is 172 Å². The summed E-state index contributed by atoms with van der Waals surface area (Å²) in [6.07, 6.45) is 4.73. The second kappa shape index (κ2) is 10.5. The third-order valence-electron chi connectivity index (χ3n) is 4.73. The molecule has 7 heteroatoms. The van der Waals surface area contributed by atoms with Crippen molar-refractivity contribution in [2.24, 2.45) is 4.99 Å². The SMILES string of the molecule is CCNC(=NCCc1ccc(C)cc1)N1CCC(c2ncn[nH]2)CC1.I. The fraction of sp³-hybridized carbons (Fsp3) is 0.526. The molecule has 0 radical (unpaired) electrons. The van der Waals surface area contributed by atoms with Crippen molar-refractivity contribution in [2.75, 3.05) is 26.2 Å². The number of H-pyrrole nitrogens is 1. The topological polar surface area (TPSA) is 69.2 Å². The Morgan fingerprint density at radius 1 is 1.27 bits per heavy atom. The molecule has 0 saturated carbocycles. The van der Waals surface area contributed by atoms with Gasteiger partial charge in [0.25, 0.3) is 0 Å². The number of aromatic amines is 1. The Balaban J connectivity index is 0.00000243. The number of hydrogen-bond acceptors (Lipinski definition) is 3. The lowest BCUT2D eigenvalue weighted by Crippen LogP contribution is -2.45. The Kier molecular flexibility index (Phi) is 8.34. The summed E-state index contributed by atoms with van der Waals surface area (Å²) in [7, 11) is 0. The van der Waals surface area contributed by atoms with Crippen LogP contribution >= 0.6 is 24.0 Å². The van der Waals surface area contributed by atoms with Gasteiger partial charge in [-0.3, -0.25) is 10.1 Å². The lowest BCUT2D eigenvalue weighted by molar-refractivity contribution is 0.299. The minimum Gasteiger partial charge on any atom is -0.357 e. The number of halogens is 1. The third kappa shape index (κ3) is 5.69. The van der Waals surface area contributed by atoms with E-state index in [2.05, 4.69) is 63.5 Å². The second-order valence-corrected chi connectivity index (χ2v) is 6.60. The van der Waals surface area contributed by atoms with Crippen molar-refractivity contribution in [3.63, 3.8) is 0 Å². The van der Waals surface area contributed by atoms with Gasteiger partial charge in [-0.15, -0.1) is 24.0 Å². The molecule has 0 atom stereocenters. The van der Waals surface area contributed by atoms with Crippen LogP contribution in [0.4, 0.5) is 0 Å². The number of benzene rings is 1. The lowest BCUT2D eigenvalue weighted by atomic mass is 9.96. The molecular formula is C19H29IN6. The highest BCUT2D eigenvalue weighted by Crippen LogP contribution is 2.24. The van der Waals surface area contributed by atoms with E-state index >= 15 is 0 Å². The summed E-state index contributed by atoms with van der Waals surface area (Å²) >= 11 is 0. The number of piperidine rings is 1. The van der Waals surface area contributed by atoms with Gasteiger partial charge >= 0.3 is 0 Å². The van der Waals surface area contributed by atoms with E-state index in [0.717, 1.165) is 57.2 Å². The van der Waals surface area contributed by atoms with Gasteiger partial charge in [0.05, 0.1) is 0 Å². The first kappa shape index (κ1) is 20.7. The lowest BCUT2D eigenvalue weighted by Gasteiger charge is -2.33. The highest BCUT2D eigenvalue weighted by molar-refractivity contribution is 14.0. The van der Waals surface area contributed by atoms with Gasteiger partial charge in [-0.1, -0.05) is 29.8 Å². The van der Waals surface area contributed by atoms with Gasteiger partial charge in [0.2, 0.25) is 0 Å². The molecular weight excluding hydrogens is 439 g/mol. The molecule has 1 aromatic heterocycles. The fourth-order valence-corrected chi connectivity index (χ4v) is 3.25. The van der Waals surface area contributed by atoms with E-state index in [1.165, 1.54) is 11.1 Å². The molecule has 3 rings (SSSR count). The molecule has 1 aliphatic heterocycles. The quantitative estimate of drug-likeness (QED) is 0.402. The average molecular weight is 468 g/mol. The van der Waals surface area contributed by atoms with Crippen LogP contribution in [0.3, 0.4) is 0 Å². The maximum absolute atomic E-state index is 4.84. The fourth-order valence-electron chi connectivity index (χ4n) is 3.25. The van der Waals surface area contributed by atoms with Crippen LogP contribution in [0.5, 0.6) is 0 Å². The van der Waals surface area contributed by atoms with E-state index in [1.807, 2.05) is 0 Å². The summed E-state index contributed by atoms with van der Waals surface area (Å²) in [5, 5.41) is 10.4. The standard InChI is InChI=1S/C19H28N6.HI/c1-3-20-19(21-11-8-16-6-4-15(2)5-7-16)25-12-9-17(10-13-25)18-22-14-23-24-18;/h4-7,14,17H,3,8-13H2,1-2H3,(H,20,21)(H,22,23,24);1H. The summed E-state index contributed by atoms with van der Waals surface area (Å²) in [5.41, 5.74) is 2.64. The van der Waals surface area contributed by atoms with Crippen LogP contribution in [-0.2, 0) is 6.42 Å². The third-order valence-corrected chi connectivity index (χ3v) is 4.73. The molecule has 26 heavy (non-hydrogen) atoms. The number of guanidine groups is 1. The molecule has 1 saturated heterocycles. The zero-order valence-electron chi connectivity index (χ0n) is 15.6. The van der Waals surface area contributed by atoms with Gasteiger partial charge in [-0.05, 0) is 38.7 Å². The van der Waals surface area contributed by atoms with E-state index in [0.29, 0.717) is 5.92 Å². The van der Waals surface area contributed by atoms with Crippen molar-refractivity contribution in [2.45, 2.75) is 39.0 Å². The normalized spacial score (nSPS) is 15.6. The summed E-state index contributed by atoms with van der Waals surface area (Å²) in [6, 6.07) is 8.72. The molecule has 6 nitrogen and oxygen atoms in total. The predicted octanol–water partition coefficient (Wildman–Crippen LogP) is 3.12. The Bertz CT molecular complexity index is 660. The Hall–Kier alpha value is -1.64. The highest BCUT2D eigenvalue weighted by Gasteiger charge is 2.24. The van der Waals surface area contributed by atoms with E-state index in [1.54, 1.807) is 6.33 Å². The maximum atomic E-state index is 4.84. The molecule has 2 heterocycles. The van der Waals surface area contributed by atoms with E-state index in [-0.39, 0.29) is 24.0 Å². The zero-order valence-corrected chi connectivity index (χ0v) is 17.9. The van der Waals surface area contributed by atoms with Gasteiger partial charge in [-0.25, -0.2) is 4.98 Å². The van der Waals surface area contributed by atoms with Crippen LogP contribution in [0.1, 0.15) is 42.6 Å². The minimum absolute atomic E-state index is 0. The minimum atomic E-state index is 0. The van der Waals surface area contributed by atoms with E-state index in [9.17, 15) is 0 Å². The molecule has 0 unspecified atom stereocenters. The number of rotatable bonds is 5. The first-order valence-corrected chi connectivity index (χ1v) is 9.20. The van der Waals surface area contributed by atoms with Gasteiger partial charge < -0.3 is 10.2 Å². The molecule has 1 aromatic carbocycles. The smallest absolute Gasteiger partial charge is 0.193 e. The van der Waals surface area contributed by atoms with Crippen LogP contribution in [0, 0.1) is 6.92 Å². The predicted molar refractivity (Wildman–Crippen MR) is 116 cm³/mol. The molecule has 1 fully saturated rings. The van der Waals surface area contributed by atoms with Crippen molar-refractivity contribution < 1.29 is 0 Å². The molecule has 2 N–H and O–H groups in total. The highest BCUT2D eigenvalue weighted by atomic mass is 127. The molecule has 2 aromatic rings. The summed E-state index contributed by atoms with van der Waals surface area (Å²) < 4.78 is 0. The van der Waals surface area contributed by atoms with Gasteiger partial charge in [0.1, 0.15) is 12.2 Å². The second-order valence-electron chi connectivity index (χ2n) is 6.60. The van der Waals surface area contributed by atoms with E-state index in [4.69, 9.17) is 4.99 Å². The number of aliphatic imine (C=N–C) groups is 1. The first-order valence-electron chi connectivity index (χ1n) is 9.20. The number of nitrogens with one attached hydrogen (secondary N) is 2. The van der Waals surface area contributed by atoms with Crippen LogP contribution in [0.2, 0.25) is 0 Å². The van der Waals surface area contributed by atoms with Gasteiger partial charge in [0.15, 0.2) is 5.96 Å². The van der Waals surface area contributed by atoms with Crippen LogP contribution in [-0.4, -0.2) is 52.2 Å². The number of aromatic nitrogens is 3. The zero-order chi connectivity index (χ0) is 17.5. The first-order chi connectivity index (χ1) is 12.3. The largest absolute Gasteiger partial charge is 0.357 e. The van der Waals surface area contributed by atoms with Crippen molar-refractivity contribution in [3.8, 4) is 0 Å². The van der Waals surface area contributed by atoms with E-state index < -0.39 is 0 Å². The summed E-state index contributed by atoms with van der Waals surface area (Å²) in [5.74, 6) is 2.53. The molecule has 0 spiro atoms. The van der Waals surface area contributed by atoms with Crippen molar-refractivity contribution >= 4 is 29.9 Å². The Morgan fingerprint density at radius 3 is 2.62 bits per heavy atom.